The van der Waals surface area contributed by atoms with Gasteiger partial charge in [0.2, 0.25) is 0 Å². The second kappa shape index (κ2) is 6.68. The predicted octanol–water partition coefficient (Wildman–Crippen LogP) is 4.25. The second-order valence-corrected chi connectivity index (χ2v) is 7.75. The summed E-state index contributed by atoms with van der Waals surface area (Å²) in [5.74, 6) is 0. The van der Waals surface area contributed by atoms with E-state index in [0.717, 1.165) is 37.7 Å². The Balaban J connectivity index is 1.66. The zero-order valence-corrected chi connectivity index (χ0v) is 15.0. The van der Waals surface area contributed by atoms with E-state index in [1.807, 2.05) is 18.3 Å². The van der Waals surface area contributed by atoms with E-state index < -0.39 is 0 Å². The van der Waals surface area contributed by atoms with E-state index in [1.165, 1.54) is 16.8 Å². The van der Waals surface area contributed by atoms with Gasteiger partial charge in [0.1, 0.15) is 0 Å². The van der Waals surface area contributed by atoms with E-state index in [9.17, 15) is 0 Å². The van der Waals surface area contributed by atoms with Crippen LogP contribution in [0.15, 0.2) is 36.5 Å². The molecule has 1 saturated heterocycles. The zero-order chi connectivity index (χ0) is 16.4. The van der Waals surface area contributed by atoms with Crippen LogP contribution >= 0.6 is 11.6 Å². The summed E-state index contributed by atoms with van der Waals surface area (Å²) < 4.78 is 0. The van der Waals surface area contributed by atoms with Crippen molar-refractivity contribution in [3.63, 3.8) is 0 Å². The van der Waals surface area contributed by atoms with Crippen molar-refractivity contribution in [3.8, 4) is 11.1 Å². The highest BCUT2D eigenvalue weighted by Gasteiger charge is 2.26. The third kappa shape index (κ3) is 3.97. The van der Waals surface area contributed by atoms with E-state index in [4.69, 9.17) is 11.6 Å². The van der Waals surface area contributed by atoms with Crippen LogP contribution in [0.4, 0.5) is 0 Å². The highest BCUT2D eigenvalue weighted by Crippen LogP contribution is 2.26. The zero-order valence-electron chi connectivity index (χ0n) is 14.3. The lowest BCUT2D eigenvalue weighted by molar-refractivity contribution is 0.0587. The summed E-state index contributed by atoms with van der Waals surface area (Å²) in [4.78, 5) is 8.52. The Hall–Kier alpha value is -1.29. The molecule has 2 heterocycles. The number of aromatic amines is 1. The Labute approximate surface area is 144 Å². The number of nitrogens with zero attached hydrogens (tertiary/aromatic N) is 2. The van der Waals surface area contributed by atoms with Crippen molar-refractivity contribution >= 4 is 11.6 Å². The normalized spacial score (nSPS) is 17.6. The van der Waals surface area contributed by atoms with Gasteiger partial charge in [-0.25, -0.2) is 0 Å². The van der Waals surface area contributed by atoms with Gasteiger partial charge in [-0.05, 0) is 44.5 Å². The maximum atomic E-state index is 6.00. The molecule has 2 aromatic rings. The van der Waals surface area contributed by atoms with Crippen LogP contribution in [0.2, 0.25) is 5.02 Å². The van der Waals surface area contributed by atoms with Crippen molar-refractivity contribution in [2.45, 2.75) is 32.9 Å². The molecule has 1 aliphatic heterocycles. The summed E-state index contributed by atoms with van der Waals surface area (Å²) in [6.45, 7) is 12.4. The lowest BCUT2D eigenvalue weighted by Crippen LogP contribution is -2.53. The molecule has 1 N–H and O–H groups in total. The summed E-state index contributed by atoms with van der Waals surface area (Å²) in [6, 6.07) is 10.2. The van der Waals surface area contributed by atoms with E-state index in [-0.39, 0.29) is 5.54 Å². The third-order valence-electron chi connectivity index (χ3n) is 4.69. The van der Waals surface area contributed by atoms with Crippen molar-refractivity contribution in [1.29, 1.82) is 0 Å². The van der Waals surface area contributed by atoms with Crippen molar-refractivity contribution in [2.24, 2.45) is 0 Å². The van der Waals surface area contributed by atoms with Gasteiger partial charge in [0, 0.05) is 60.7 Å². The molecule has 0 radical (unpaired) electrons. The van der Waals surface area contributed by atoms with E-state index >= 15 is 0 Å². The Bertz CT molecular complexity index is 631. The van der Waals surface area contributed by atoms with Crippen LogP contribution in [-0.2, 0) is 6.54 Å². The summed E-state index contributed by atoms with van der Waals surface area (Å²) in [5, 5.41) is 0.782. The molecule has 1 fully saturated rings. The number of hydrogen-bond acceptors (Lipinski definition) is 2. The minimum absolute atomic E-state index is 0.271. The third-order valence-corrected chi connectivity index (χ3v) is 4.94. The average Bonchev–Trinajstić information content (AvgIpc) is 2.96. The number of nitrogens with one attached hydrogen (secondary N) is 1. The van der Waals surface area contributed by atoms with Crippen LogP contribution in [0.3, 0.4) is 0 Å². The van der Waals surface area contributed by atoms with Crippen LogP contribution in [0.5, 0.6) is 0 Å². The molecule has 0 saturated carbocycles. The predicted molar refractivity (Wildman–Crippen MR) is 97.8 cm³/mol. The molecule has 0 aliphatic carbocycles. The maximum Gasteiger partial charge on any atom is 0.0406 e. The topological polar surface area (TPSA) is 22.3 Å². The molecule has 4 heteroatoms. The molecule has 1 aliphatic rings. The highest BCUT2D eigenvalue weighted by atomic mass is 35.5. The molecule has 23 heavy (non-hydrogen) atoms. The molecule has 3 rings (SSSR count). The molecule has 3 nitrogen and oxygen atoms in total. The van der Waals surface area contributed by atoms with Gasteiger partial charge in [0.05, 0.1) is 0 Å². The van der Waals surface area contributed by atoms with Crippen LogP contribution in [0.25, 0.3) is 11.1 Å². The minimum atomic E-state index is 0.271. The number of rotatable bonds is 3. The first-order chi connectivity index (χ1) is 10.9. The molecule has 0 unspecified atom stereocenters. The number of halogens is 1. The molecular weight excluding hydrogens is 306 g/mol. The Morgan fingerprint density at radius 3 is 2.26 bits per heavy atom. The molecule has 0 atom stereocenters. The Kier molecular flexibility index (Phi) is 4.81. The van der Waals surface area contributed by atoms with Crippen LogP contribution in [0, 0.1) is 0 Å². The Morgan fingerprint density at radius 2 is 1.65 bits per heavy atom. The first kappa shape index (κ1) is 16.6. The lowest BCUT2D eigenvalue weighted by Gasteiger charge is -2.42. The van der Waals surface area contributed by atoms with E-state index in [1.54, 1.807) is 0 Å². The molecule has 0 spiro atoms. The molecular formula is C19H26ClN3. The van der Waals surface area contributed by atoms with Crippen molar-refractivity contribution in [1.82, 2.24) is 14.8 Å². The number of piperazine rings is 1. The fourth-order valence-corrected chi connectivity index (χ4v) is 3.36. The van der Waals surface area contributed by atoms with Gasteiger partial charge in [0.15, 0.2) is 0 Å². The van der Waals surface area contributed by atoms with Gasteiger partial charge in [-0.1, -0.05) is 23.7 Å². The Morgan fingerprint density at radius 1 is 1.00 bits per heavy atom. The number of aromatic nitrogens is 1. The number of benzene rings is 1. The fourth-order valence-electron chi connectivity index (χ4n) is 3.24. The van der Waals surface area contributed by atoms with Gasteiger partial charge in [-0.2, -0.15) is 0 Å². The van der Waals surface area contributed by atoms with Gasteiger partial charge < -0.3 is 4.98 Å². The fraction of sp³-hybridized carbons (Fsp3) is 0.474. The lowest BCUT2D eigenvalue weighted by atomic mass is 10.0. The molecule has 124 valence electrons. The van der Waals surface area contributed by atoms with Crippen LogP contribution in [0.1, 0.15) is 26.5 Å². The highest BCUT2D eigenvalue weighted by molar-refractivity contribution is 6.30. The summed E-state index contributed by atoms with van der Waals surface area (Å²) in [5.41, 5.74) is 4.06. The standard InChI is InChI=1S/C19H26ClN3/c1-19(2,3)23-12-10-22(11-13-23)14-18-17(8-9-21-18)15-4-6-16(20)7-5-15/h4-9,21H,10-14H2,1-3H3. The molecule has 1 aromatic carbocycles. The molecule has 0 bridgehead atoms. The SMILES string of the molecule is CC(C)(C)N1CCN(Cc2[nH]ccc2-c2ccc(Cl)cc2)CC1. The first-order valence-electron chi connectivity index (χ1n) is 8.33. The quantitative estimate of drug-likeness (QED) is 0.908. The summed E-state index contributed by atoms with van der Waals surface area (Å²) in [7, 11) is 0. The maximum absolute atomic E-state index is 6.00. The van der Waals surface area contributed by atoms with Crippen LogP contribution in [-0.4, -0.2) is 46.5 Å². The number of hydrogen-bond donors (Lipinski definition) is 1. The van der Waals surface area contributed by atoms with Crippen molar-refractivity contribution < 1.29 is 0 Å². The van der Waals surface area contributed by atoms with Gasteiger partial charge in [0.25, 0.3) is 0 Å². The minimum Gasteiger partial charge on any atom is -0.363 e. The smallest absolute Gasteiger partial charge is 0.0406 e. The van der Waals surface area contributed by atoms with E-state index in [2.05, 4.69) is 53.8 Å². The van der Waals surface area contributed by atoms with Gasteiger partial charge in [-0.3, -0.25) is 9.80 Å². The molecule has 1 aromatic heterocycles. The summed E-state index contributed by atoms with van der Waals surface area (Å²) in [6.07, 6.45) is 2.03. The summed E-state index contributed by atoms with van der Waals surface area (Å²) >= 11 is 6.00. The molecule has 0 amide bonds. The average molecular weight is 332 g/mol. The van der Waals surface area contributed by atoms with E-state index in [0.29, 0.717) is 0 Å². The van der Waals surface area contributed by atoms with Crippen molar-refractivity contribution in [2.75, 3.05) is 26.2 Å². The monoisotopic (exact) mass is 331 g/mol. The van der Waals surface area contributed by atoms with Crippen molar-refractivity contribution in [3.05, 3.63) is 47.2 Å². The largest absolute Gasteiger partial charge is 0.363 e. The van der Waals surface area contributed by atoms with Gasteiger partial charge >= 0.3 is 0 Å². The number of H-pyrrole nitrogens is 1. The first-order valence-corrected chi connectivity index (χ1v) is 8.71. The van der Waals surface area contributed by atoms with Crippen LogP contribution < -0.4 is 0 Å². The van der Waals surface area contributed by atoms with Gasteiger partial charge in [-0.15, -0.1) is 0 Å². The second-order valence-electron chi connectivity index (χ2n) is 7.31.